The molecule has 45 valence electrons. The number of ether oxygens (including phenoxy) is 1. The third-order valence-corrected chi connectivity index (χ3v) is 0.420. The number of hydrogen-bond donors (Lipinski definition) is 0. The molecule has 0 heterocycles. The van der Waals surface area contributed by atoms with Gasteiger partial charge in [0.15, 0.2) is 0 Å². The van der Waals surface area contributed by atoms with Crippen LogP contribution >= 0.6 is 0 Å². The van der Waals surface area contributed by atoms with Crippen LogP contribution in [0, 0.1) is 0 Å². The highest BCUT2D eigenvalue weighted by Crippen LogP contribution is 2.05. The maximum absolute atomic E-state index is 10.1. The molecule has 0 aliphatic carbocycles. The van der Waals surface area contributed by atoms with Gasteiger partial charge in [0, 0.05) is 0 Å². The summed E-state index contributed by atoms with van der Waals surface area (Å²) in [5.41, 5.74) is -0.390. The molecule has 1 radical (unpaired) electrons. The largest absolute Gasteiger partial charge is 0.469 e. The van der Waals surface area contributed by atoms with Gasteiger partial charge in [0.2, 0.25) is 13.7 Å². The fraction of sp³-hybridized carbons (Fsp3) is 0.800. The lowest BCUT2D eigenvalue weighted by Gasteiger charge is -2.17. The summed E-state index contributed by atoms with van der Waals surface area (Å²) in [4.78, 5) is 10.1. The SMILES string of the molecule is [BH]C(=O)OC(C)(C)C. The van der Waals surface area contributed by atoms with E-state index >= 15 is 0 Å². The minimum absolute atomic E-state index is 0.390. The van der Waals surface area contributed by atoms with Crippen LogP contribution in [-0.4, -0.2) is 19.3 Å². The Labute approximate surface area is 50.6 Å². The summed E-state index contributed by atoms with van der Waals surface area (Å²) in [5.74, 6) is -0.475. The van der Waals surface area contributed by atoms with Crippen LogP contribution < -0.4 is 0 Å². The summed E-state index contributed by atoms with van der Waals surface area (Å²) >= 11 is 0. The van der Waals surface area contributed by atoms with E-state index in [1.807, 2.05) is 0 Å². The minimum atomic E-state index is -0.475. The molecule has 0 saturated carbocycles. The maximum atomic E-state index is 10.1. The third kappa shape index (κ3) is 5.53. The first-order chi connectivity index (χ1) is 3.42. The van der Waals surface area contributed by atoms with E-state index in [0.29, 0.717) is 0 Å². The van der Waals surface area contributed by atoms with E-state index < -0.39 is 11.5 Å². The predicted octanol–water partition coefficient (Wildman–Crippen LogP) is 0.822. The second-order valence-corrected chi connectivity index (χ2v) is 2.59. The smallest absolute Gasteiger partial charge is 0.240 e. The van der Waals surface area contributed by atoms with E-state index in [1.165, 1.54) is 0 Å². The van der Waals surface area contributed by atoms with Crippen molar-refractivity contribution in [3.05, 3.63) is 0 Å². The van der Waals surface area contributed by atoms with E-state index in [9.17, 15) is 4.79 Å². The van der Waals surface area contributed by atoms with Crippen molar-refractivity contribution >= 4 is 13.7 Å². The standard InChI is InChI=1S/C5H10BO2/c1-5(2,3)8-4(6)7/h6H,1-3H3. The molecular weight excluding hydrogens is 103 g/mol. The molecule has 0 aromatic heterocycles. The van der Waals surface area contributed by atoms with Crippen molar-refractivity contribution in [3.63, 3.8) is 0 Å². The van der Waals surface area contributed by atoms with Gasteiger partial charge in [-0.15, -0.1) is 0 Å². The zero-order chi connectivity index (χ0) is 6.78. The molecule has 0 aromatic rings. The highest BCUT2D eigenvalue weighted by molar-refractivity contribution is 6.55. The van der Waals surface area contributed by atoms with E-state index in [1.54, 1.807) is 20.8 Å². The van der Waals surface area contributed by atoms with Gasteiger partial charge in [-0.25, -0.2) is 0 Å². The quantitative estimate of drug-likeness (QED) is 0.434. The normalized spacial score (nSPS) is 10.9. The Morgan fingerprint density at radius 3 is 1.88 bits per heavy atom. The Balaban J connectivity index is 3.55. The molecule has 3 heteroatoms. The summed E-state index contributed by atoms with van der Waals surface area (Å²) in [6.07, 6.45) is 0. The van der Waals surface area contributed by atoms with Crippen LogP contribution in [-0.2, 0) is 4.74 Å². The summed E-state index contributed by atoms with van der Waals surface area (Å²) in [6.45, 7) is 5.40. The van der Waals surface area contributed by atoms with Gasteiger partial charge in [-0.05, 0) is 20.8 Å². The summed E-state index contributed by atoms with van der Waals surface area (Å²) in [7, 11) is 3.06. The van der Waals surface area contributed by atoms with E-state index in [0.717, 1.165) is 0 Å². The molecule has 0 fully saturated rings. The Bertz CT molecular complexity index is 93.1. The fourth-order valence-corrected chi connectivity index (χ4v) is 0.342. The summed E-state index contributed by atoms with van der Waals surface area (Å²) < 4.78 is 4.69. The predicted molar refractivity (Wildman–Crippen MR) is 33.4 cm³/mol. The van der Waals surface area contributed by atoms with Gasteiger partial charge < -0.3 is 4.74 Å². The molecule has 0 rings (SSSR count). The Kier molecular flexibility index (Phi) is 2.07. The lowest BCUT2D eigenvalue weighted by atomic mass is 10.1. The highest BCUT2D eigenvalue weighted by Gasteiger charge is 2.11. The van der Waals surface area contributed by atoms with Crippen LogP contribution in [0.15, 0.2) is 0 Å². The van der Waals surface area contributed by atoms with E-state index in [4.69, 9.17) is 0 Å². The summed E-state index contributed by atoms with van der Waals surface area (Å²) in [6, 6.07) is 0. The first-order valence-electron chi connectivity index (χ1n) is 2.47. The Hall–Kier alpha value is -0.465. The number of carbonyl (C=O) groups is 1. The zero-order valence-electron chi connectivity index (χ0n) is 5.52. The molecule has 0 amide bonds. The van der Waals surface area contributed by atoms with Gasteiger partial charge >= 0.3 is 0 Å². The molecule has 0 spiro atoms. The molecule has 8 heavy (non-hydrogen) atoms. The Morgan fingerprint density at radius 2 is 1.88 bits per heavy atom. The first-order valence-corrected chi connectivity index (χ1v) is 2.47. The van der Waals surface area contributed by atoms with Crippen LogP contribution in [0.5, 0.6) is 0 Å². The molecule has 0 saturated heterocycles. The monoisotopic (exact) mass is 113 g/mol. The van der Waals surface area contributed by atoms with Gasteiger partial charge in [-0.1, -0.05) is 0 Å². The van der Waals surface area contributed by atoms with Gasteiger partial charge in [0.25, 0.3) is 0 Å². The van der Waals surface area contributed by atoms with Gasteiger partial charge in [-0.3, -0.25) is 4.79 Å². The summed E-state index contributed by atoms with van der Waals surface area (Å²) in [5, 5.41) is 0. The van der Waals surface area contributed by atoms with Gasteiger partial charge in [0.1, 0.15) is 5.60 Å². The Morgan fingerprint density at radius 1 is 1.50 bits per heavy atom. The number of hydrogen-bond acceptors (Lipinski definition) is 2. The van der Waals surface area contributed by atoms with Crippen LogP contribution in [0.25, 0.3) is 0 Å². The molecule has 0 atom stereocenters. The van der Waals surface area contributed by atoms with Crippen molar-refractivity contribution in [2.75, 3.05) is 0 Å². The van der Waals surface area contributed by atoms with Crippen LogP contribution in [0.1, 0.15) is 20.8 Å². The third-order valence-electron chi connectivity index (χ3n) is 0.420. The van der Waals surface area contributed by atoms with Crippen molar-refractivity contribution < 1.29 is 9.53 Å². The average Bonchev–Trinajstić information content (AvgIpc) is 1.21. The van der Waals surface area contributed by atoms with Gasteiger partial charge in [0.05, 0.1) is 0 Å². The lowest BCUT2D eigenvalue weighted by Crippen LogP contribution is -2.22. The van der Waals surface area contributed by atoms with Crippen LogP contribution in [0.4, 0.5) is 4.79 Å². The molecular formula is C5H10BO2. The second kappa shape index (κ2) is 2.20. The van der Waals surface area contributed by atoms with Crippen molar-refractivity contribution in [1.82, 2.24) is 0 Å². The van der Waals surface area contributed by atoms with Crippen molar-refractivity contribution in [2.45, 2.75) is 26.4 Å². The number of carbonyl (C=O) groups excluding carboxylic acids is 1. The van der Waals surface area contributed by atoms with Crippen LogP contribution in [0.3, 0.4) is 0 Å². The van der Waals surface area contributed by atoms with Crippen molar-refractivity contribution in [3.8, 4) is 0 Å². The van der Waals surface area contributed by atoms with Crippen molar-refractivity contribution in [1.29, 1.82) is 0 Å². The molecule has 2 nitrogen and oxygen atoms in total. The minimum Gasteiger partial charge on any atom is -0.469 e. The topological polar surface area (TPSA) is 26.3 Å². The lowest BCUT2D eigenvalue weighted by molar-refractivity contribution is 0.0724. The first kappa shape index (κ1) is 7.53. The van der Waals surface area contributed by atoms with Gasteiger partial charge in [-0.2, -0.15) is 0 Å². The average molecular weight is 113 g/mol. The molecule has 0 N–H and O–H groups in total. The molecule has 0 bridgehead atoms. The molecule has 0 aliphatic heterocycles. The molecule has 0 aromatic carbocycles. The highest BCUT2D eigenvalue weighted by atomic mass is 16.5. The molecule has 0 aliphatic rings. The van der Waals surface area contributed by atoms with Crippen molar-refractivity contribution in [2.24, 2.45) is 0 Å². The maximum Gasteiger partial charge on any atom is 0.240 e. The van der Waals surface area contributed by atoms with Crippen LogP contribution in [0.2, 0.25) is 0 Å². The molecule has 0 unspecified atom stereocenters. The van der Waals surface area contributed by atoms with E-state index in [2.05, 4.69) is 12.6 Å². The number of rotatable bonds is 0. The fourth-order valence-electron chi connectivity index (χ4n) is 0.342. The zero-order valence-corrected chi connectivity index (χ0v) is 5.52. The second-order valence-electron chi connectivity index (χ2n) is 2.59. The van der Waals surface area contributed by atoms with E-state index in [-0.39, 0.29) is 0 Å².